The van der Waals surface area contributed by atoms with Crippen LogP contribution in [0.25, 0.3) is 0 Å². The molecule has 1 unspecified atom stereocenters. The highest BCUT2D eigenvalue weighted by atomic mass is 16.1. The van der Waals surface area contributed by atoms with E-state index in [0.29, 0.717) is 13.0 Å². The number of hydrogen-bond acceptors (Lipinski definition) is 3. The van der Waals surface area contributed by atoms with E-state index >= 15 is 0 Å². The van der Waals surface area contributed by atoms with Crippen molar-refractivity contribution in [1.82, 2.24) is 9.78 Å². The monoisotopic (exact) mass is 181 g/mol. The van der Waals surface area contributed by atoms with Crippen molar-refractivity contribution in [2.75, 3.05) is 6.54 Å². The lowest BCUT2D eigenvalue weighted by Gasteiger charge is -2.10. The van der Waals surface area contributed by atoms with Crippen molar-refractivity contribution in [3.8, 4) is 0 Å². The second-order valence-electron chi connectivity index (χ2n) is 3.19. The molecule has 0 fully saturated rings. The largest absolute Gasteiger partial charge is 0.330 e. The third-order valence-corrected chi connectivity index (χ3v) is 2.24. The van der Waals surface area contributed by atoms with Gasteiger partial charge in [-0.3, -0.25) is 9.48 Å². The van der Waals surface area contributed by atoms with Gasteiger partial charge < -0.3 is 5.73 Å². The van der Waals surface area contributed by atoms with Crippen LogP contribution < -0.4 is 5.73 Å². The van der Waals surface area contributed by atoms with Gasteiger partial charge >= 0.3 is 0 Å². The molecule has 0 spiro atoms. The van der Waals surface area contributed by atoms with Crippen molar-refractivity contribution < 1.29 is 4.79 Å². The van der Waals surface area contributed by atoms with E-state index in [1.807, 2.05) is 13.1 Å². The molecule has 0 saturated carbocycles. The van der Waals surface area contributed by atoms with E-state index in [1.165, 1.54) is 0 Å². The predicted octanol–water partition coefficient (Wildman–Crippen LogP) is 0.126. The van der Waals surface area contributed by atoms with Gasteiger partial charge in [-0.15, -0.1) is 0 Å². The van der Waals surface area contributed by atoms with Crippen molar-refractivity contribution in [2.45, 2.75) is 13.3 Å². The molecule has 0 amide bonds. The molecule has 72 valence electrons. The molecule has 13 heavy (non-hydrogen) atoms. The number of nitrogens with two attached hydrogens (primary N) is 1. The number of ketones is 1. The average molecular weight is 181 g/mol. The van der Waals surface area contributed by atoms with E-state index in [2.05, 4.69) is 5.10 Å². The first-order valence-corrected chi connectivity index (χ1v) is 4.32. The van der Waals surface area contributed by atoms with Gasteiger partial charge in [-0.25, -0.2) is 0 Å². The van der Waals surface area contributed by atoms with Crippen LogP contribution >= 0.6 is 0 Å². The number of aromatic nitrogens is 2. The summed E-state index contributed by atoms with van der Waals surface area (Å²) in [6.07, 6.45) is 2.41. The number of nitrogens with zero attached hydrogens (tertiary/aromatic N) is 2. The second-order valence-corrected chi connectivity index (χ2v) is 3.19. The van der Waals surface area contributed by atoms with E-state index in [9.17, 15) is 4.79 Å². The van der Waals surface area contributed by atoms with Crippen LogP contribution in [0.4, 0.5) is 0 Å². The Balaban J connectivity index is 2.67. The summed E-state index contributed by atoms with van der Waals surface area (Å²) in [5.74, 6) is 0.0686. The van der Waals surface area contributed by atoms with Gasteiger partial charge in [-0.2, -0.15) is 5.10 Å². The Hall–Kier alpha value is -1.16. The summed E-state index contributed by atoms with van der Waals surface area (Å²) in [6.45, 7) is 1.98. The summed E-state index contributed by atoms with van der Waals surface area (Å²) >= 11 is 0. The van der Waals surface area contributed by atoms with E-state index in [-0.39, 0.29) is 11.7 Å². The van der Waals surface area contributed by atoms with Crippen molar-refractivity contribution in [2.24, 2.45) is 18.7 Å². The third kappa shape index (κ3) is 2.39. The highest BCUT2D eigenvalue weighted by Gasteiger charge is 2.14. The summed E-state index contributed by atoms with van der Waals surface area (Å²) in [6, 6.07) is 1.91. The van der Waals surface area contributed by atoms with Gasteiger partial charge in [0.1, 0.15) is 5.78 Å². The van der Waals surface area contributed by atoms with Gasteiger partial charge in [0, 0.05) is 37.8 Å². The Labute approximate surface area is 77.7 Å². The van der Waals surface area contributed by atoms with Crippen LogP contribution in [-0.4, -0.2) is 22.1 Å². The summed E-state index contributed by atoms with van der Waals surface area (Å²) in [5, 5.41) is 4.03. The maximum absolute atomic E-state index is 11.1. The lowest BCUT2D eigenvalue weighted by atomic mass is 9.99. The minimum atomic E-state index is -0.0737. The molecule has 1 heterocycles. The van der Waals surface area contributed by atoms with Gasteiger partial charge in [-0.05, 0) is 13.0 Å². The number of hydrogen-bond donors (Lipinski definition) is 1. The molecule has 0 bridgehead atoms. The predicted molar refractivity (Wildman–Crippen MR) is 50.1 cm³/mol. The Bertz CT molecular complexity index is 293. The molecule has 1 aromatic heterocycles. The van der Waals surface area contributed by atoms with Crippen LogP contribution in [0.15, 0.2) is 12.3 Å². The first-order valence-electron chi connectivity index (χ1n) is 4.32. The fraction of sp³-hybridized carbons (Fsp3) is 0.556. The molecule has 0 aliphatic carbocycles. The van der Waals surface area contributed by atoms with E-state index in [1.54, 1.807) is 17.8 Å². The molecular formula is C9H15N3O. The average Bonchev–Trinajstić information content (AvgIpc) is 2.46. The van der Waals surface area contributed by atoms with Crippen LogP contribution in [0.1, 0.15) is 12.6 Å². The van der Waals surface area contributed by atoms with Crippen LogP contribution in [0.5, 0.6) is 0 Å². The fourth-order valence-corrected chi connectivity index (χ4v) is 1.25. The first-order chi connectivity index (χ1) is 6.15. The molecule has 0 aliphatic heterocycles. The zero-order valence-electron chi connectivity index (χ0n) is 8.03. The Morgan fingerprint density at radius 3 is 2.85 bits per heavy atom. The summed E-state index contributed by atoms with van der Waals surface area (Å²) in [7, 11) is 1.86. The lowest BCUT2D eigenvalue weighted by molar-refractivity contribution is -0.120. The Kier molecular flexibility index (Phi) is 3.19. The smallest absolute Gasteiger partial charge is 0.134 e. The Morgan fingerprint density at radius 2 is 2.46 bits per heavy atom. The van der Waals surface area contributed by atoms with Gasteiger partial charge in [0.15, 0.2) is 0 Å². The van der Waals surface area contributed by atoms with E-state index in [4.69, 9.17) is 5.73 Å². The quantitative estimate of drug-likeness (QED) is 0.718. The highest BCUT2D eigenvalue weighted by molar-refractivity contribution is 5.78. The molecule has 0 aromatic carbocycles. The molecule has 0 radical (unpaired) electrons. The van der Waals surface area contributed by atoms with Gasteiger partial charge in [0.25, 0.3) is 0 Å². The standard InChI is InChI=1S/C9H15N3O/c1-7(13)8(6-10)5-9-3-4-11-12(9)2/h3-4,8H,5-6,10H2,1-2H3. The molecule has 2 N–H and O–H groups in total. The van der Waals surface area contributed by atoms with Gasteiger partial charge in [0.05, 0.1) is 0 Å². The van der Waals surface area contributed by atoms with E-state index < -0.39 is 0 Å². The number of aryl methyl sites for hydroxylation is 1. The number of Topliss-reactive ketones (excluding diaryl/α,β-unsaturated/α-hetero) is 1. The zero-order chi connectivity index (χ0) is 9.84. The highest BCUT2D eigenvalue weighted by Crippen LogP contribution is 2.07. The van der Waals surface area contributed by atoms with Crippen LogP contribution in [0.3, 0.4) is 0 Å². The van der Waals surface area contributed by atoms with Crippen LogP contribution in [0.2, 0.25) is 0 Å². The minimum absolute atomic E-state index is 0.0737. The Morgan fingerprint density at radius 1 is 1.77 bits per heavy atom. The second kappa shape index (κ2) is 4.18. The number of carbonyl (C=O) groups excluding carboxylic acids is 1. The van der Waals surface area contributed by atoms with Crippen molar-refractivity contribution in [3.63, 3.8) is 0 Å². The maximum Gasteiger partial charge on any atom is 0.134 e. The third-order valence-electron chi connectivity index (χ3n) is 2.24. The van der Waals surface area contributed by atoms with Crippen molar-refractivity contribution in [3.05, 3.63) is 18.0 Å². The fourth-order valence-electron chi connectivity index (χ4n) is 1.25. The van der Waals surface area contributed by atoms with Gasteiger partial charge in [-0.1, -0.05) is 0 Å². The van der Waals surface area contributed by atoms with Crippen LogP contribution in [-0.2, 0) is 18.3 Å². The SMILES string of the molecule is CC(=O)C(CN)Cc1ccnn1C. The summed E-state index contributed by atoms with van der Waals surface area (Å²) < 4.78 is 1.77. The van der Waals surface area contributed by atoms with Crippen LogP contribution in [0, 0.1) is 5.92 Å². The summed E-state index contributed by atoms with van der Waals surface area (Å²) in [5.41, 5.74) is 6.54. The lowest BCUT2D eigenvalue weighted by Crippen LogP contribution is -2.24. The van der Waals surface area contributed by atoms with Crippen molar-refractivity contribution in [1.29, 1.82) is 0 Å². The number of rotatable bonds is 4. The molecular weight excluding hydrogens is 166 g/mol. The minimum Gasteiger partial charge on any atom is -0.330 e. The first kappa shape index (κ1) is 9.92. The summed E-state index contributed by atoms with van der Waals surface area (Å²) in [4.78, 5) is 11.1. The molecule has 1 atom stereocenters. The molecule has 4 heteroatoms. The normalized spacial score (nSPS) is 12.8. The molecule has 1 aromatic rings. The molecule has 0 saturated heterocycles. The van der Waals surface area contributed by atoms with E-state index in [0.717, 1.165) is 5.69 Å². The zero-order valence-corrected chi connectivity index (χ0v) is 8.03. The molecule has 1 rings (SSSR count). The maximum atomic E-state index is 11.1. The van der Waals surface area contributed by atoms with Gasteiger partial charge in [0.2, 0.25) is 0 Å². The molecule has 0 aliphatic rings. The van der Waals surface area contributed by atoms with Crippen molar-refractivity contribution >= 4 is 5.78 Å². The topological polar surface area (TPSA) is 60.9 Å². The number of carbonyl (C=O) groups is 1. The molecule has 4 nitrogen and oxygen atoms in total.